The molecule has 0 atom stereocenters. The van der Waals surface area contributed by atoms with E-state index in [0.717, 1.165) is 10.4 Å². The third kappa shape index (κ3) is 5.48. The van der Waals surface area contributed by atoms with Gasteiger partial charge in [0.2, 0.25) is 15.9 Å². The maximum absolute atomic E-state index is 12.2. The van der Waals surface area contributed by atoms with Gasteiger partial charge < -0.3 is 5.32 Å². The van der Waals surface area contributed by atoms with Crippen LogP contribution in [0.5, 0.6) is 0 Å². The lowest BCUT2D eigenvalue weighted by Crippen LogP contribution is -2.30. The summed E-state index contributed by atoms with van der Waals surface area (Å²) in [7, 11) is -3.70. The highest BCUT2D eigenvalue weighted by molar-refractivity contribution is 7.89. The van der Waals surface area contributed by atoms with Crippen LogP contribution in [0, 0.1) is 6.92 Å². The second kappa shape index (κ2) is 8.37. The van der Waals surface area contributed by atoms with Gasteiger partial charge in [0, 0.05) is 23.4 Å². The van der Waals surface area contributed by atoms with Gasteiger partial charge in [-0.25, -0.2) is 13.1 Å². The SMILES string of the molecule is CC(=O)c1ccc(S(=O)(=O)NCCC(=O)NCc2sccc2C)cc1. The van der Waals surface area contributed by atoms with Crippen LogP contribution >= 0.6 is 11.3 Å². The third-order valence-electron chi connectivity index (χ3n) is 3.63. The zero-order chi connectivity index (χ0) is 18.4. The molecular formula is C17H20N2O4S2. The molecule has 25 heavy (non-hydrogen) atoms. The smallest absolute Gasteiger partial charge is 0.240 e. The van der Waals surface area contributed by atoms with Gasteiger partial charge in [0.25, 0.3) is 0 Å². The average molecular weight is 380 g/mol. The Hall–Kier alpha value is -2.03. The quantitative estimate of drug-likeness (QED) is 0.687. The van der Waals surface area contributed by atoms with E-state index in [1.807, 2.05) is 18.4 Å². The fourth-order valence-corrected chi connectivity index (χ4v) is 3.98. The molecule has 1 amide bonds. The average Bonchev–Trinajstić information content (AvgIpc) is 2.98. The molecule has 0 fully saturated rings. The second-order valence-corrected chi connectivity index (χ2v) is 8.30. The number of nitrogens with one attached hydrogen (secondary N) is 2. The molecule has 0 aliphatic rings. The molecule has 0 bridgehead atoms. The van der Waals surface area contributed by atoms with Crippen LogP contribution in [0.4, 0.5) is 0 Å². The second-order valence-electron chi connectivity index (χ2n) is 5.53. The van der Waals surface area contributed by atoms with Gasteiger partial charge in [0.15, 0.2) is 5.78 Å². The Morgan fingerprint density at radius 1 is 1.12 bits per heavy atom. The fourth-order valence-electron chi connectivity index (χ4n) is 2.10. The van der Waals surface area contributed by atoms with Crippen LogP contribution in [-0.2, 0) is 21.4 Å². The van der Waals surface area contributed by atoms with E-state index in [9.17, 15) is 18.0 Å². The summed E-state index contributed by atoms with van der Waals surface area (Å²) in [5.74, 6) is -0.350. The van der Waals surface area contributed by atoms with Gasteiger partial charge in [-0.15, -0.1) is 11.3 Å². The summed E-state index contributed by atoms with van der Waals surface area (Å²) >= 11 is 1.57. The van der Waals surface area contributed by atoms with E-state index in [-0.39, 0.29) is 29.6 Å². The van der Waals surface area contributed by atoms with Crippen molar-refractivity contribution >= 4 is 33.1 Å². The molecule has 0 aliphatic heterocycles. The van der Waals surface area contributed by atoms with Crippen LogP contribution in [0.3, 0.4) is 0 Å². The number of benzene rings is 1. The summed E-state index contributed by atoms with van der Waals surface area (Å²) in [6.07, 6.45) is 0.0508. The molecule has 134 valence electrons. The van der Waals surface area contributed by atoms with E-state index in [1.165, 1.54) is 31.2 Å². The Kier molecular flexibility index (Phi) is 6.46. The van der Waals surface area contributed by atoms with Gasteiger partial charge in [-0.1, -0.05) is 12.1 Å². The molecule has 0 spiro atoms. The zero-order valence-corrected chi connectivity index (χ0v) is 15.7. The fraction of sp³-hybridized carbons (Fsp3) is 0.294. The predicted molar refractivity (Wildman–Crippen MR) is 97.2 cm³/mol. The molecule has 0 unspecified atom stereocenters. The van der Waals surface area contributed by atoms with Crippen molar-refractivity contribution in [3.8, 4) is 0 Å². The van der Waals surface area contributed by atoms with E-state index in [1.54, 1.807) is 11.3 Å². The van der Waals surface area contributed by atoms with Gasteiger partial charge in [-0.05, 0) is 43.0 Å². The Morgan fingerprint density at radius 2 is 1.80 bits per heavy atom. The lowest BCUT2D eigenvalue weighted by atomic mass is 10.2. The minimum Gasteiger partial charge on any atom is -0.351 e. The summed E-state index contributed by atoms with van der Waals surface area (Å²) in [4.78, 5) is 24.2. The topological polar surface area (TPSA) is 92.3 Å². The highest BCUT2D eigenvalue weighted by Gasteiger charge is 2.14. The number of hydrogen-bond acceptors (Lipinski definition) is 5. The van der Waals surface area contributed by atoms with Crippen LogP contribution < -0.4 is 10.0 Å². The Bertz CT molecular complexity index is 855. The number of amides is 1. The van der Waals surface area contributed by atoms with Crippen LogP contribution in [0.25, 0.3) is 0 Å². The van der Waals surface area contributed by atoms with Crippen LogP contribution in [0.15, 0.2) is 40.6 Å². The summed E-state index contributed by atoms with van der Waals surface area (Å²) in [5.41, 5.74) is 1.57. The Morgan fingerprint density at radius 3 is 2.36 bits per heavy atom. The Balaban J connectivity index is 1.82. The summed E-state index contributed by atoms with van der Waals surface area (Å²) in [6, 6.07) is 7.66. The van der Waals surface area contributed by atoms with E-state index in [4.69, 9.17) is 0 Å². The van der Waals surface area contributed by atoms with E-state index >= 15 is 0 Å². The number of hydrogen-bond donors (Lipinski definition) is 2. The lowest BCUT2D eigenvalue weighted by Gasteiger charge is -2.08. The molecule has 2 N–H and O–H groups in total. The van der Waals surface area contributed by atoms with Gasteiger partial charge >= 0.3 is 0 Å². The minimum absolute atomic E-state index is 0.00600. The van der Waals surface area contributed by atoms with Crippen molar-refractivity contribution in [3.05, 3.63) is 51.7 Å². The Labute approximate surface area is 151 Å². The largest absolute Gasteiger partial charge is 0.351 e. The predicted octanol–water partition coefficient (Wildman–Crippen LogP) is 2.24. The summed E-state index contributed by atoms with van der Waals surface area (Å²) in [6.45, 7) is 3.84. The first-order valence-corrected chi connectivity index (χ1v) is 10.1. The van der Waals surface area contributed by atoms with E-state index in [2.05, 4.69) is 10.0 Å². The molecule has 8 heteroatoms. The van der Waals surface area contributed by atoms with Gasteiger partial charge in [-0.2, -0.15) is 0 Å². The van der Waals surface area contributed by atoms with Crippen molar-refractivity contribution in [3.63, 3.8) is 0 Å². The van der Waals surface area contributed by atoms with Crippen molar-refractivity contribution in [2.24, 2.45) is 0 Å². The number of aryl methyl sites for hydroxylation is 1. The van der Waals surface area contributed by atoms with Crippen molar-refractivity contribution < 1.29 is 18.0 Å². The summed E-state index contributed by atoms with van der Waals surface area (Å²) in [5, 5.41) is 4.73. The zero-order valence-electron chi connectivity index (χ0n) is 14.0. The summed E-state index contributed by atoms with van der Waals surface area (Å²) < 4.78 is 26.7. The number of rotatable bonds is 8. The monoisotopic (exact) mass is 380 g/mol. The molecule has 1 aromatic heterocycles. The maximum atomic E-state index is 12.2. The van der Waals surface area contributed by atoms with Crippen molar-refractivity contribution in [2.75, 3.05) is 6.54 Å². The van der Waals surface area contributed by atoms with Crippen LogP contribution in [0.2, 0.25) is 0 Å². The number of Topliss-reactive ketones (excluding diaryl/α,β-unsaturated/α-hetero) is 1. The molecular weight excluding hydrogens is 360 g/mol. The molecule has 0 aliphatic carbocycles. The highest BCUT2D eigenvalue weighted by atomic mass is 32.2. The molecule has 2 aromatic rings. The van der Waals surface area contributed by atoms with E-state index < -0.39 is 10.0 Å². The van der Waals surface area contributed by atoms with Gasteiger partial charge in [0.1, 0.15) is 0 Å². The normalized spacial score (nSPS) is 11.3. The van der Waals surface area contributed by atoms with Crippen LogP contribution in [-0.4, -0.2) is 26.7 Å². The van der Waals surface area contributed by atoms with Gasteiger partial charge in [-0.3, -0.25) is 9.59 Å². The molecule has 1 heterocycles. The van der Waals surface area contributed by atoms with Crippen molar-refractivity contribution in [2.45, 2.75) is 31.7 Å². The van der Waals surface area contributed by atoms with E-state index in [0.29, 0.717) is 12.1 Å². The molecule has 6 nitrogen and oxygen atoms in total. The molecule has 2 rings (SSSR count). The first-order valence-electron chi connectivity index (χ1n) is 7.70. The number of carbonyl (C=O) groups excluding carboxylic acids is 2. The van der Waals surface area contributed by atoms with Crippen LogP contribution in [0.1, 0.15) is 34.1 Å². The molecule has 0 saturated carbocycles. The number of ketones is 1. The lowest BCUT2D eigenvalue weighted by molar-refractivity contribution is -0.121. The third-order valence-corrected chi connectivity index (χ3v) is 6.13. The number of thiophene rings is 1. The standard InChI is InChI=1S/C17H20N2O4S2/c1-12-8-10-24-16(12)11-18-17(21)7-9-19-25(22,23)15-5-3-14(4-6-15)13(2)20/h3-6,8,10,19H,7,9,11H2,1-2H3,(H,18,21). The van der Waals surface area contributed by atoms with Crippen molar-refractivity contribution in [1.82, 2.24) is 10.0 Å². The molecule has 0 radical (unpaired) electrons. The minimum atomic E-state index is -3.70. The number of carbonyl (C=O) groups is 2. The maximum Gasteiger partial charge on any atom is 0.240 e. The molecule has 0 saturated heterocycles. The first kappa shape index (κ1) is 19.3. The molecule has 1 aromatic carbocycles. The highest BCUT2D eigenvalue weighted by Crippen LogP contribution is 2.15. The van der Waals surface area contributed by atoms with Gasteiger partial charge in [0.05, 0.1) is 11.4 Å². The number of sulfonamides is 1. The van der Waals surface area contributed by atoms with Crippen molar-refractivity contribution in [1.29, 1.82) is 0 Å². The first-order chi connectivity index (χ1) is 11.8.